The van der Waals surface area contributed by atoms with E-state index in [4.69, 9.17) is 22.1 Å². The number of nitrogens with one attached hydrogen (secondary N) is 1. The Morgan fingerprint density at radius 2 is 2.05 bits per heavy atom. The number of aryl methyl sites for hydroxylation is 1. The summed E-state index contributed by atoms with van der Waals surface area (Å²) in [5.41, 5.74) is 8.96. The van der Waals surface area contributed by atoms with E-state index in [-0.39, 0.29) is 6.04 Å². The first-order chi connectivity index (χ1) is 9.56. The molecule has 0 spiro atoms. The van der Waals surface area contributed by atoms with Gasteiger partial charge in [0.1, 0.15) is 11.6 Å². The molecule has 0 radical (unpaired) electrons. The van der Waals surface area contributed by atoms with E-state index in [0.29, 0.717) is 10.8 Å². The van der Waals surface area contributed by atoms with Crippen LogP contribution in [-0.4, -0.2) is 19.1 Å². The molecule has 2 aromatic rings. The van der Waals surface area contributed by atoms with E-state index >= 15 is 0 Å². The number of methoxy groups -OCH3 is 1. The third kappa shape index (κ3) is 2.86. The van der Waals surface area contributed by atoms with Gasteiger partial charge in [0.05, 0.1) is 13.2 Å². The Bertz CT molecular complexity index is 616. The first kappa shape index (κ1) is 14.6. The number of rotatable bonds is 4. The first-order valence-electron chi connectivity index (χ1n) is 6.29. The molecular formula is C15H18ClN3O. The molecule has 1 aromatic heterocycles. The highest BCUT2D eigenvalue weighted by molar-refractivity contribution is 6.30. The number of benzene rings is 1. The van der Waals surface area contributed by atoms with Crippen molar-refractivity contribution in [2.75, 3.05) is 19.9 Å². The largest absolute Gasteiger partial charge is 0.496 e. The van der Waals surface area contributed by atoms with Gasteiger partial charge in [-0.1, -0.05) is 17.7 Å². The highest BCUT2D eigenvalue weighted by Crippen LogP contribution is 2.33. The SMILES string of the molecule is CNC(c1ccc(Cl)cc1OC)c1cc(C)cnc1N. The van der Waals surface area contributed by atoms with Crippen LogP contribution < -0.4 is 15.8 Å². The predicted octanol–water partition coefficient (Wildman–Crippen LogP) is 2.94. The van der Waals surface area contributed by atoms with Crippen LogP contribution in [0.4, 0.5) is 5.82 Å². The minimum absolute atomic E-state index is 0.102. The molecule has 3 N–H and O–H groups in total. The molecule has 1 atom stereocenters. The first-order valence-corrected chi connectivity index (χ1v) is 6.67. The summed E-state index contributed by atoms with van der Waals surface area (Å²) in [6.45, 7) is 1.99. The van der Waals surface area contributed by atoms with Crippen LogP contribution in [-0.2, 0) is 0 Å². The maximum absolute atomic E-state index is 6.01. The van der Waals surface area contributed by atoms with E-state index in [1.807, 2.05) is 32.2 Å². The quantitative estimate of drug-likeness (QED) is 0.909. The summed E-state index contributed by atoms with van der Waals surface area (Å²) in [6.07, 6.45) is 1.75. The van der Waals surface area contributed by atoms with Crippen LogP contribution in [0.15, 0.2) is 30.5 Å². The van der Waals surface area contributed by atoms with Crippen LogP contribution >= 0.6 is 11.6 Å². The highest BCUT2D eigenvalue weighted by Gasteiger charge is 2.19. The number of hydrogen-bond donors (Lipinski definition) is 2. The maximum Gasteiger partial charge on any atom is 0.128 e. The standard InChI is InChI=1S/C15H18ClN3O/c1-9-6-12(15(17)19-8-9)14(18-2)11-5-4-10(16)7-13(11)20-3/h4-8,14,18H,1-3H3,(H2,17,19). The fourth-order valence-electron chi connectivity index (χ4n) is 2.24. The molecule has 0 aliphatic carbocycles. The molecule has 5 heteroatoms. The van der Waals surface area contributed by atoms with Crippen molar-refractivity contribution in [3.05, 3.63) is 52.2 Å². The molecule has 0 aliphatic heterocycles. The van der Waals surface area contributed by atoms with E-state index < -0.39 is 0 Å². The summed E-state index contributed by atoms with van der Waals surface area (Å²) in [5, 5.41) is 3.89. The fourth-order valence-corrected chi connectivity index (χ4v) is 2.40. The van der Waals surface area contributed by atoms with Crippen molar-refractivity contribution >= 4 is 17.4 Å². The highest BCUT2D eigenvalue weighted by atomic mass is 35.5. The van der Waals surface area contributed by atoms with Gasteiger partial charge < -0.3 is 15.8 Å². The van der Waals surface area contributed by atoms with Gasteiger partial charge in [0.25, 0.3) is 0 Å². The van der Waals surface area contributed by atoms with Gasteiger partial charge >= 0.3 is 0 Å². The summed E-state index contributed by atoms with van der Waals surface area (Å²) in [5.74, 6) is 1.23. The Balaban J connectivity index is 2.55. The molecule has 106 valence electrons. The number of nitrogen functional groups attached to an aromatic ring is 1. The second kappa shape index (κ2) is 6.11. The lowest BCUT2D eigenvalue weighted by molar-refractivity contribution is 0.405. The fraction of sp³-hybridized carbons (Fsp3) is 0.267. The number of nitrogens with two attached hydrogens (primary N) is 1. The zero-order valence-corrected chi connectivity index (χ0v) is 12.5. The van der Waals surface area contributed by atoms with E-state index in [1.165, 1.54) is 0 Å². The van der Waals surface area contributed by atoms with E-state index in [1.54, 1.807) is 19.4 Å². The molecule has 0 saturated carbocycles. The van der Waals surface area contributed by atoms with Crippen molar-refractivity contribution in [1.82, 2.24) is 10.3 Å². The maximum atomic E-state index is 6.01. The zero-order chi connectivity index (χ0) is 14.7. The number of pyridine rings is 1. The van der Waals surface area contributed by atoms with Crippen LogP contribution in [0.25, 0.3) is 0 Å². The molecule has 1 heterocycles. The summed E-state index contributed by atoms with van der Waals surface area (Å²) in [4.78, 5) is 4.22. The average molecular weight is 292 g/mol. The number of hydrogen-bond acceptors (Lipinski definition) is 4. The lowest BCUT2D eigenvalue weighted by Crippen LogP contribution is -2.20. The third-order valence-electron chi connectivity index (χ3n) is 3.19. The summed E-state index contributed by atoms with van der Waals surface area (Å²) < 4.78 is 5.41. The van der Waals surface area contributed by atoms with Crippen LogP contribution in [0.3, 0.4) is 0 Å². The van der Waals surface area contributed by atoms with E-state index in [2.05, 4.69) is 10.3 Å². The van der Waals surface area contributed by atoms with Crippen LogP contribution in [0, 0.1) is 6.92 Å². The Labute approximate surface area is 123 Å². The van der Waals surface area contributed by atoms with Crippen molar-refractivity contribution in [3.63, 3.8) is 0 Å². The minimum Gasteiger partial charge on any atom is -0.496 e. The number of ether oxygens (including phenoxy) is 1. The van der Waals surface area contributed by atoms with Crippen molar-refractivity contribution in [2.24, 2.45) is 0 Å². The van der Waals surface area contributed by atoms with Crippen molar-refractivity contribution in [2.45, 2.75) is 13.0 Å². The lowest BCUT2D eigenvalue weighted by Gasteiger charge is -2.21. The normalized spacial score (nSPS) is 12.2. The minimum atomic E-state index is -0.102. The molecule has 0 saturated heterocycles. The Kier molecular flexibility index (Phi) is 4.47. The Morgan fingerprint density at radius 1 is 1.30 bits per heavy atom. The van der Waals surface area contributed by atoms with Gasteiger partial charge in [-0.2, -0.15) is 0 Å². The van der Waals surface area contributed by atoms with Crippen molar-refractivity contribution in [1.29, 1.82) is 0 Å². The van der Waals surface area contributed by atoms with Gasteiger partial charge in [-0.25, -0.2) is 4.98 Å². The van der Waals surface area contributed by atoms with Gasteiger partial charge in [-0.05, 0) is 37.7 Å². The summed E-state index contributed by atoms with van der Waals surface area (Å²) >= 11 is 6.01. The molecular weight excluding hydrogens is 274 g/mol. The van der Waals surface area contributed by atoms with Crippen molar-refractivity contribution in [3.8, 4) is 5.75 Å². The number of aromatic nitrogens is 1. The Hall–Kier alpha value is -1.78. The second-order valence-electron chi connectivity index (χ2n) is 4.60. The molecule has 2 rings (SSSR count). The third-order valence-corrected chi connectivity index (χ3v) is 3.43. The monoisotopic (exact) mass is 291 g/mol. The van der Waals surface area contributed by atoms with Crippen LogP contribution in [0.1, 0.15) is 22.7 Å². The number of nitrogens with zero attached hydrogens (tertiary/aromatic N) is 1. The average Bonchev–Trinajstić information content (AvgIpc) is 2.44. The van der Waals surface area contributed by atoms with E-state index in [0.717, 1.165) is 22.4 Å². The van der Waals surface area contributed by atoms with Crippen LogP contribution in [0.5, 0.6) is 5.75 Å². The van der Waals surface area contributed by atoms with Gasteiger partial charge in [0.15, 0.2) is 0 Å². The molecule has 0 aliphatic rings. The van der Waals surface area contributed by atoms with Gasteiger partial charge in [0.2, 0.25) is 0 Å². The lowest BCUT2D eigenvalue weighted by atomic mass is 9.97. The zero-order valence-electron chi connectivity index (χ0n) is 11.8. The number of anilines is 1. The summed E-state index contributed by atoms with van der Waals surface area (Å²) in [7, 11) is 3.50. The van der Waals surface area contributed by atoms with Gasteiger partial charge in [0, 0.05) is 22.3 Å². The van der Waals surface area contributed by atoms with Gasteiger partial charge in [-0.15, -0.1) is 0 Å². The summed E-state index contributed by atoms with van der Waals surface area (Å²) in [6, 6.07) is 7.49. The molecule has 1 unspecified atom stereocenters. The molecule has 0 fully saturated rings. The Morgan fingerprint density at radius 3 is 2.70 bits per heavy atom. The van der Waals surface area contributed by atoms with Crippen LogP contribution in [0.2, 0.25) is 5.02 Å². The molecule has 0 bridgehead atoms. The second-order valence-corrected chi connectivity index (χ2v) is 5.03. The van der Waals surface area contributed by atoms with Gasteiger partial charge in [-0.3, -0.25) is 0 Å². The molecule has 4 nitrogen and oxygen atoms in total. The topological polar surface area (TPSA) is 60.2 Å². The molecule has 0 amide bonds. The molecule has 20 heavy (non-hydrogen) atoms. The smallest absolute Gasteiger partial charge is 0.128 e. The predicted molar refractivity (Wildman–Crippen MR) is 82.3 cm³/mol. The van der Waals surface area contributed by atoms with E-state index in [9.17, 15) is 0 Å². The molecule has 1 aromatic carbocycles. The number of halogens is 1. The van der Waals surface area contributed by atoms with Crippen molar-refractivity contribution < 1.29 is 4.74 Å².